The maximum absolute atomic E-state index is 4.82. The molecule has 2 aromatic rings. The number of nitrogens with zero attached hydrogens (tertiary/aromatic N) is 1. The number of aliphatic imine (C=N–C) groups is 1. The third-order valence-electron chi connectivity index (χ3n) is 3.76. The van der Waals surface area contributed by atoms with E-state index >= 15 is 0 Å². The van der Waals surface area contributed by atoms with Crippen LogP contribution >= 0.6 is 0 Å². The third kappa shape index (κ3) is 4.17. The molecule has 0 fully saturated rings. The zero-order chi connectivity index (χ0) is 15.9. The Morgan fingerprint density at radius 1 is 1.05 bits per heavy atom. The van der Waals surface area contributed by atoms with Crippen LogP contribution in [0.25, 0.3) is 5.57 Å². The van der Waals surface area contributed by atoms with Gasteiger partial charge in [-0.15, -0.1) is 0 Å². The largest absolute Gasteiger partial charge is 0.285 e. The summed E-state index contributed by atoms with van der Waals surface area (Å²) in [6.45, 7) is 9.47. The van der Waals surface area contributed by atoms with Crippen molar-refractivity contribution in [3.8, 4) is 0 Å². The molecule has 0 saturated heterocycles. The van der Waals surface area contributed by atoms with E-state index in [1.54, 1.807) is 0 Å². The van der Waals surface area contributed by atoms with Gasteiger partial charge >= 0.3 is 0 Å². The molecule has 0 aliphatic rings. The van der Waals surface area contributed by atoms with E-state index < -0.39 is 0 Å². The molecule has 0 unspecified atom stereocenters. The minimum Gasteiger partial charge on any atom is -0.285 e. The maximum atomic E-state index is 4.82. The van der Waals surface area contributed by atoms with Crippen molar-refractivity contribution in [3.63, 3.8) is 0 Å². The summed E-state index contributed by atoms with van der Waals surface area (Å²) >= 11 is 0. The van der Waals surface area contributed by atoms with Gasteiger partial charge in [0.15, 0.2) is 0 Å². The van der Waals surface area contributed by atoms with Crippen molar-refractivity contribution in [1.82, 2.24) is 0 Å². The van der Waals surface area contributed by atoms with Gasteiger partial charge in [0.2, 0.25) is 0 Å². The van der Waals surface area contributed by atoms with Gasteiger partial charge in [0.25, 0.3) is 0 Å². The molecule has 0 amide bonds. The molecule has 0 radical (unpaired) electrons. The van der Waals surface area contributed by atoms with Crippen molar-refractivity contribution in [3.05, 3.63) is 76.9 Å². The van der Waals surface area contributed by atoms with Gasteiger partial charge < -0.3 is 0 Å². The first-order valence-electron chi connectivity index (χ1n) is 7.97. The maximum Gasteiger partial charge on any atom is 0.0652 e. The lowest BCUT2D eigenvalue weighted by Crippen LogP contribution is -2.03. The summed E-state index contributed by atoms with van der Waals surface area (Å²) in [6.07, 6.45) is 3.28. The van der Waals surface area contributed by atoms with Gasteiger partial charge in [0, 0.05) is 12.1 Å². The first-order chi connectivity index (χ1) is 10.6. The monoisotopic (exact) mass is 291 g/mol. The van der Waals surface area contributed by atoms with E-state index in [1.807, 2.05) is 6.07 Å². The predicted octanol–water partition coefficient (Wildman–Crippen LogP) is 5.61. The van der Waals surface area contributed by atoms with Crippen LogP contribution in [0.2, 0.25) is 0 Å². The van der Waals surface area contributed by atoms with Crippen LogP contribution < -0.4 is 0 Å². The molecule has 22 heavy (non-hydrogen) atoms. The van der Waals surface area contributed by atoms with Gasteiger partial charge in [-0.1, -0.05) is 55.0 Å². The van der Waals surface area contributed by atoms with Gasteiger partial charge in [-0.05, 0) is 56.0 Å². The number of hydrogen-bond acceptors (Lipinski definition) is 1. The number of aryl methyl sites for hydroxylation is 2. The summed E-state index contributed by atoms with van der Waals surface area (Å²) in [6, 6.07) is 17.1. The molecule has 2 aromatic carbocycles. The van der Waals surface area contributed by atoms with E-state index in [9.17, 15) is 0 Å². The van der Waals surface area contributed by atoms with Gasteiger partial charge in [0.05, 0.1) is 5.71 Å². The minimum atomic E-state index is 0.862. The van der Waals surface area contributed by atoms with Crippen molar-refractivity contribution in [2.75, 3.05) is 6.54 Å². The molecule has 0 spiro atoms. The average molecular weight is 291 g/mol. The van der Waals surface area contributed by atoms with Crippen molar-refractivity contribution in [1.29, 1.82) is 0 Å². The highest BCUT2D eigenvalue weighted by Crippen LogP contribution is 2.18. The second-order valence-corrected chi connectivity index (χ2v) is 5.78. The summed E-state index contributed by atoms with van der Waals surface area (Å²) in [5.74, 6) is 0. The molecule has 2 rings (SSSR count). The minimum absolute atomic E-state index is 0.862. The Balaban J connectivity index is 2.45. The lowest BCUT2D eigenvalue weighted by Gasteiger charge is -2.10. The first-order valence-corrected chi connectivity index (χ1v) is 7.97. The molecule has 0 aromatic heterocycles. The quantitative estimate of drug-likeness (QED) is 0.635. The summed E-state index contributed by atoms with van der Waals surface area (Å²) < 4.78 is 0. The zero-order valence-corrected chi connectivity index (χ0v) is 14.1. The molecule has 1 nitrogen and oxygen atoms in total. The van der Waals surface area contributed by atoms with E-state index in [0.29, 0.717) is 0 Å². The van der Waals surface area contributed by atoms with Crippen LogP contribution in [0.4, 0.5) is 0 Å². The Hall–Kier alpha value is -2.15. The molecule has 1 heteroatoms. The highest BCUT2D eigenvalue weighted by Gasteiger charge is 2.06. The van der Waals surface area contributed by atoms with Crippen molar-refractivity contribution in [2.45, 2.75) is 34.1 Å². The number of rotatable bonds is 5. The van der Waals surface area contributed by atoms with Crippen LogP contribution in [0.5, 0.6) is 0 Å². The highest BCUT2D eigenvalue weighted by atomic mass is 14.7. The second-order valence-electron chi connectivity index (χ2n) is 5.78. The molecular weight excluding hydrogens is 266 g/mol. The smallest absolute Gasteiger partial charge is 0.0652 e. The second kappa shape index (κ2) is 7.74. The molecule has 0 N–H and O–H groups in total. The van der Waals surface area contributed by atoms with Crippen LogP contribution in [0.1, 0.15) is 42.5 Å². The summed E-state index contributed by atoms with van der Waals surface area (Å²) in [7, 11) is 0. The third-order valence-corrected chi connectivity index (χ3v) is 3.76. The molecule has 0 heterocycles. The van der Waals surface area contributed by atoms with Crippen molar-refractivity contribution < 1.29 is 0 Å². The van der Waals surface area contributed by atoms with E-state index in [4.69, 9.17) is 4.99 Å². The Bertz CT molecular complexity index is 678. The molecule has 0 bridgehead atoms. The lowest BCUT2D eigenvalue weighted by molar-refractivity contribution is 0.933. The standard InChI is InChI=1S/C21H25N/c1-5-13-22-21(20-14-16(2)11-12-17(20)3)15-18(4)19-9-7-6-8-10-19/h6-12,14-15H,5,13H2,1-4H3/b18-15+,22-21?. The highest BCUT2D eigenvalue weighted by molar-refractivity contribution is 6.13. The Morgan fingerprint density at radius 2 is 1.77 bits per heavy atom. The van der Waals surface area contributed by atoms with Gasteiger partial charge in [0.1, 0.15) is 0 Å². The Morgan fingerprint density at radius 3 is 2.45 bits per heavy atom. The SMILES string of the molecule is CCCN=C(/C=C(\C)c1ccccc1)c1cc(C)ccc1C. The number of hydrogen-bond donors (Lipinski definition) is 0. The molecule has 0 aliphatic heterocycles. The van der Waals surface area contributed by atoms with Gasteiger partial charge in [-0.25, -0.2) is 0 Å². The van der Waals surface area contributed by atoms with Gasteiger partial charge in [-0.2, -0.15) is 0 Å². The van der Waals surface area contributed by atoms with Crippen molar-refractivity contribution in [2.24, 2.45) is 4.99 Å². The fourth-order valence-corrected chi connectivity index (χ4v) is 2.44. The normalized spacial score (nSPS) is 12.5. The summed E-state index contributed by atoms with van der Waals surface area (Å²) in [5.41, 5.74) is 7.37. The van der Waals surface area contributed by atoms with E-state index in [0.717, 1.165) is 18.7 Å². The predicted molar refractivity (Wildman–Crippen MR) is 97.7 cm³/mol. The van der Waals surface area contributed by atoms with E-state index in [1.165, 1.54) is 27.8 Å². The van der Waals surface area contributed by atoms with Crippen molar-refractivity contribution >= 4 is 11.3 Å². The topological polar surface area (TPSA) is 12.4 Å². The number of benzene rings is 2. The lowest BCUT2D eigenvalue weighted by atomic mass is 9.98. The van der Waals surface area contributed by atoms with E-state index in [2.05, 4.69) is 76.2 Å². The molecule has 0 aliphatic carbocycles. The van der Waals surface area contributed by atoms with Crippen LogP contribution in [0, 0.1) is 13.8 Å². The van der Waals surface area contributed by atoms with E-state index in [-0.39, 0.29) is 0 Å². The first kappa shape index (κ1) is 16.2. The fraction of sp³-hybridized carbons (Fsp3) is 0.286. The zero-order valence-electron chi connectivity index (χ0n) is 14.1. The van der Waals surface area contributed by atoms with Gasteiger partial charge in [-0.3, -0.25) is 4.99 Å². The Labute approximate surface area is 134 Å². The van der Waals surface area contributed by atoms with Crippen LogP contribution in [0.3, 0.4) is 0 Å². The van der Waals surface area contributed by atoms with Crippen LogP contribution in [-0.2, 0) is 0 Å². The molecule has 0 saturated carbocycles. The number of allylic oxidation sites excluding steroid dienone is 2. The van der Waals surface area contributed by atoms with Crippen LogP contribution in [0.15, 0.2) is 59.6 Å². The summed E-state index contributed by atoms with van der Waals surface area (Å²) in [4.78, 5) is 4.82. The van der Waals surface area contributed by atoms with Crippen LogP contribution in [-0.4, -0.2) is 12.3 Å². The fourth-order valence-electron chi connectivity index (χ4n) is 2.44. The summed E-state index contributed by atoms with van der Waals surface area (Å²) in [5, 5.41) is 0. The average Bonchev–Trinajstić information content (AvgIpc) is 2.54. The molecular formula is C21H25N. The molecule has 114 valence electrons. The molecule has 0 atom stereocenters. The Kier molecular flexibility index (Phi) is 5.71.